The summed E-state index contributed by atoms with van der Waals surface area (Å²) in [7, 11) is 1.20. The molecular formula is C26H37NO5S. The van der Waals surface area contributed by atoms with Crippen LogP contribution in [0.1, 0.15) is 44.7 Å². The lowest BCUT2D eigenvalue weighted by Crippen LogP contribution is -2.50. The van der Waals surface area contributed by atoms with E-state index in [9.17, 15) is 8.42 Å². The Morgan fingerprint density at radius 3 is 1.64 bits per heavy atom. The highest BCUT2D eigenvalue weighted by molar-refractivity contribution is 7.89. The van der Waals surface area contributed by atoms with Gasteiger partial charge >= 0.3 is 0 Å². The minimum atomic E-state index is -3.65. The Morgan fingerprint density at radius 2 is 1.30 bits per heavy atom. The first kappa shape index (κ1) is 25.5. The number of sulfonamides is 1. The van der Waals surface area contributed by atoms with Gasteiger partial charge in [0.05, 0.1) is 25.6 Å². The quantitative estimate of drug-likeness (QED) is 0.464. The predicted octanol–water partition coefficient (Wildman–Crippen LogP) is 4.88. The van der Waals surface area contributed by atoms with Gasteiger partial charge in [0.2, 0.25) is 10.0 Å². The van der Waals surface area contributed by atoms with Gasteiger partial charge in [-0.2, -0.15) is 4.31 Å². The Kier molecular flexibility index (Phi) is 8.08. The van der Waals surface area contributed by atoms with Gasteiger partial charge in [0.15, 0.2) is 0 Å². The van der Waals surface area contributed by atoms with Crippen molar-refractivity contribution in [2.24, 2.45) is 11.3 Å². The zero-order valence-electron chi connectivity index (χ0n) is 20.6. The second-order valence-corrected chi connectivity index (χ2v) is 12.0. The monoisotopic (exact) mass is 475 g/mol. The summed E-state index contributed by atoms with van der Waals surface area (Å²) in [5, 5.41) is -0.653. The van der Waals surface area contributed by atoms with E-state index in [4.69, 9.17) is 14.2 Å². The lowest BCUT2D eigenvalue weighted by molar-refractivity contribution is -0.0375. The van der Waals surface area contributed by atoms with Gasteiger partial charge in [0, 0.05) is 20.2 Å². The van der Waals surface area contributed by atoms with Crippen molar-refractivity contribution in [3.8, 4) is 11.5 Å². The average molecular weight is 476 g/mol. The molecule has 1 aliphatic rings. The molecule has 0 aliphatic heterocycles. The minimum Gasteiger partial charge on any atom is -0.497 e. The number of nitrogens with zero attached hydrogens (tertiary/aromatic N) is 1. The van der Waals surface area contributed by atoms with E-state index in [0.29, 0.717) is 0 Å². The van der Waals surface area contributed by atoms with Crippen molar-refractivity contribution in [3.63, 3.8) is 0 Å². The van der Waals surface area contributed by atoms with Crippen LogP contribution in [-0.2, 0) is 27.8 Å². The Hall–Kier alpha value is -2.09. The van der Waals surface area contributed by atoms with Crippen LogP contribution in [0.4, 0.5) is 0 Å². The van der Waals surface area contributed by atoms with Crippen molar-refractivity contribution < 1.29 is 22.6 Å². The molecule has 0 bridgehead atoms. The van der Waals surface area contributed by atoms with Crippen molar-refractivity contribution in [2.75, 3.05) is 21.3 Å². The number of hydrogen-bond acceptors (Lipinski definition) is 5. The van der Waals surface area contributed by atoms with Crippen LogP contribution in [-0.4, -0.2) is 45.4 Å². The zero-order valence-corrected chi connectivity index (χ0v) is 21.4. The van der Waals surface area contributed by atoms with Gasteiger partial charge in [-0.15, -0.1) is 0 Å². The van der Waals surface area contributed by atoms with Crippen molar-refractivity contribution in [1.82, 2.24) is 4.31 Å². The third-order valence-electron chi connectivity index (χ3n) is 6.69. The Bertz CT molecular complexity index is 944. The number of benzene rings is 2. The van der Waals surface area contributed by atoms with Gasteiger partial charge in [-0.25, -0.2) is 8.42 Å². The fourth-order valence-corrected chi connectivity index (χ4v) is 6.67. The molecule has 0 saturated heterocycles. The molecule has 1 fully saturated rings. The third-order valence-corrected chi connectivity index (χ3v) is 8.88. The molecule has 0 spiro atoms. The van der Waals surface area contributed by atoms with Crippen molar-refractivity contribution in [2.45, 2.75) is 58.1 Å². The first-order chi connectivity index (χ1) is 15.6. The van der Waals surface area contributed by atoms with Gasteiger partial charge in [-0.1, -0.05) is 38.1 Å². The lowest BCUT2D eigenvalue weighted by Gasteiger charge is -2.47. The maximum Gasteiger partial charge on any atom is 0.219 e. The van der Waals surface area contributed by atoms with Crippen molar-refractivity contribution in [1.29, 1.82) is 0 Å². The molecular weight excluding hydrogens is 438 g/mol. The molecule has 0 radical (unpaired) electrons. The third kappa shape index (κ3) is 6.08. The van der Waals surface area contributed by atoms with Gasteiger partial charge < -0.3 is 14.2 Å². The Balaban J connectivity index is 1.87. The Morgan fingerprint density at radius 1 is 0.879 bits per heavy atom. The van der Waals surface area contributed by atoms with E-state index < -0.39 is 15.3 Å². The van der Waals surface area contributed by atoms with Crippen LogP contribution in [0.5, 0.6) is 11.5 Å². The summed E-state index contributed by atoms with van der Waals surface area (Å²) in [6, 6.07) is 15.0. The molecule has 33 heavy (non-hydrogen) atoms. The smallest absolute Gasteiger partial charge is 0.219 e. The fraction of sp³-hybridized carbons (Fsp3) is 0.538. The molecule has 2 aromatic carbocycles. The van der Waals surface area contributed by atoms with E-state index in [1.54, 1.807) is 32.6 Å². The molecule has 0 unspecified atom stereocenters. The van der Waals surface area contributed by atoms with Crippen LogP contribution in [0.25, 0.3) is 0 Å². The van der Waals surface area contributed by atoms with Crippen molar-refractivity contribution >= 4 is 10.0 Å². The first-order valence-electron chi connectivity index (χ1n) is 11.4. The second kappa shape index (κ2) is 10.5. The highest BCUT2D eigenvalue weighted by Gasteiger charge is 2.46. The molecule has 6 nitrogen and oxygen atoms in total. The molecule has 0 amide bonds. The normalized spacial score (nSPS) is 17.9. The van der Waals surface area contributed by atoms with E-state index >= 15 is 0 Å². The van der Waals surface area contributed by atoms with E-state index in [2.05, 4.69) is 13.8 Å². The minimum absolute atomic E-state index is 0.247. The van der Waals surface area contributed by atoms with Crippen LogP contribution in [0.3, 0.4) is 0 Å². The highest BCUT2D eigenvalue weighted by atomic mass is 32.2. The van der Waals surface area contributed by atoms with Crippen LogP contribution in [0.2, 0.25) is 0 Å². The molecule has 0 N–H and O–H groups in total. The van der Waals surface area contributed by atoms with E-state index in [1.165, 1.54) is 0 Å². The number of ether oxygens (including phenoxy) is 3. The maximum atomic E-state index is 13.9. The maximum absolute atomic E-state index is 13.9. The Labute approximate surface area is 198 Å². The molecule has 2 aromatic rings. The molecule has 3 rings (SSSR count). The van der Waals surface area contributed by atoms with Gasteiger partial charge in [-0.3, -0.25) is 0 Å². The van der Waals surface area contributed by atoms with E-state index in [1.807, 2.05) is 48.5 Å². The molecule has 7 heteroatoms. The first-order valence-corrected chi connectivity index (χ1v) is 12.9. The summed E-state index contributed by atoms with van der Waals surface area (Å²) < 4.78 is 45.6. The topological polar surface area (TPSA) is 65.1 Å². The van der Waals surface area contributed by atoms with Crippen molar-refractivity contribution in [3.05, 3.63) is 59.7 Å². The summed E-state index contributed by atoms with van der Waals surface area (Å²) in [6.07, 6.45) is 1.61. The lowest BCUT2D eigenvalue weighted by atomic mass is 9.62. The number of hydrogen-bond donors (Lipinski definition) is 0. The summed E-state index contributed by atoms with van der Waals surface area (Å²) in [5.41, 5.74) is 2.05. The summed E-state index contributed by atoms with van der Waals surface area (Å²) in [6.45, 7) is 6.76. The molecule has 182 valence electrons. The zero-order chi connectivity index (χ0) is 24.2. The number of rotatable bonds is 11. The summed E-state index contributed by atoms with van der Waals surface area (Å²) in [5.74, 6) is 1.73. The predicted molar refractivity (Wildman–Crippen MR) is 131 cm³/mol. The number of methoxy groups -OCH3 is 3. The molecule has 1 aliphatic carbocycles. The van der Waals surface area contributed by atoms with Gasteiger partial charge in [0.1, 0.15) is 11.5 Å². The molecule has 2 atom stereocenters. The summed E-state index contributed by atoms with van der Waals surface area (Å²) in [4.78, 5) is 0. The standard InChI is InChI=1S/C26H37NO5S/c1-19(25(32-6)22-15-26(2,3)16-22)33(28,29)27(17-20-7-11-23(30-4)12-8-20)18-21-9-13-24(31-5)14-10-21/h7-14,19,22,25H,15-18H2,1-6H3/t19-,25-/m0/s1. The van der Waals surface area contributed by atoms with Crippen LogP contribution >= 0.6 is 0 Å². The molecule has 1 saturated carbocycles. The highest BCUT2D eigenvalue weighted by Crippen LogP contribution is 2.48. The molecule has 0 aromatic heterocycles. The fourth-order valence-electron chi connectivity index (χ4n) is 4.87. The summed E-state index contributed by atoms with van der Waals surface area (Å²) >= 11 is 0. The van der Waals surface area contributed by atoms with E-state index in [-0.39, 0.29) is 30.5 Å². The van der Waals surface area contributed by atoms with E-state index in [0.717, 1.165) is 35.5 Å². The van der Waals surface area contributed by atoms with Crippen LogP contribution in [0, 0.1) is 11.3 Å². The van der Waals surface area contributed by atoms with Gasteiger partial charge in [-0.05, 0) is 66.5 Å². The average Bonchev–Trinajstić information content (AvgIpc) is 2.78. The second-order valence-electron chi connectivity index (χ2n) is 9.75. The molecule has 0 heterocycles. The largest absolute Gasteiger partial charge is 0.497 e. The van der Waals surface area contributed by atoms with Crippen LogP contribution < -0.4 is 9.47 Å². The SMILES string of the molecule is COc1ccc(CN(Cc2ccc(OC)cc2)S(=O)(=O)[C@@H](C)[C@H](OC)C2CC(C)(C)C2)cc1. The van der Waals surface area contributed by atoms with Gasteiger partial charge in [0.25, 0.3) is 0 Å². The van der Waals surface area contributed by atoms with Crippen LogP contribution in [0.15, 0.2) is 48.5 Å².